The number of hydrogen-bond donors (Lipinski definition) is 1. The molecule has 1 atom stereocenters. The van der Waals surface area contributed by atoms with Crippen molar-refractivity contribution in [1.29, 1.82) is 0 Å². The number of anilines is 1. The molecule has 0 spiro atoms. The number of benzene rings is 1. The zero-order chi connectivity index (χ0) is 14.0. The van der Waals surface area contributed by atoms with Crippen LogP contribution in [0.4, 0.5) is 9.57 Å². The number of amides is 1. The lowest BCUT2D eigenvalue weighted by atomic mass is 10.2. The quantitative estimate of drug-likeness (QED) is 0.790. The molecule has 1 amide bonds. The Morgan fingerprint density at radius 2 is 2.16 bits per heavy atom. The van der Waals surface area contributed by atoms with Gasteiger partial charge in [-0.1, -0.05) is 12.1 Å². The maximum absolute atomic E-state index is 12.6. The average molecular weight is 288 g/mol. The van der Waals surface area contributed by atoms with Gasteiger partial charge in [-0.05, 0) is 12.1 Å². The number of ether oxygens (including phenoxy) is 1. The van der Waals surface area contributed by atoms with Gasteiger partial charge in [-0.25, -0.2) is 0 Å². The maximum atomic E-state index is 12.6. The SMILES string of the molecule is NC(=O)C1CN(CCS(=O)(=O)F)c2ccccc2O1. The number of carbonyl (C=O) groups is 1. The number of fused-ring (bicyclic) bond motifs is 1. The molecule has 1 aromatic carbocycles. The molecule has 0 aromatic heterocycles. The molecule has 6 nitrogen and oxygen atoms in total. The fourth-order valence-electron chi connectivity index (χ4n) is 1.89. The summed E-state index contributed by atoms with van der Waals surface area (Å²) >= 11 is 0. The van der Waals surface area contributed by atoms with Crippen molar-refractivity contribution in [3.8, 4) is 5.75 Å². The van der Waals surface area contributed by atoms with Crippen molar-refractivity contribution in [2.45, 2.75) is 6.10 Å². The molecule has 0 bridgehead atoms. The van der Waals surface area contributed by atoms with E-state index in [0.29, 0.717) is 11.4 Å². The second-order valence-corrected chi connectivity index (χ2v) is 5.65. The van der Waals surface area contributed by atoms with Crippen LogP contribution in [0.25, 0.3) is 0 Å². The van der Waals surface area contributed by atoms with E-state index in [1.54, 1.807) is 29.2 Å². The number of halogens is 1. The average Bonchev–Trinajstić information content (AvgIpc) is 2.34. The van der Waals surface area contributed by atoms with Crippen molar-refractivity contribution in [1.82, 2.24) is 0 Å². The van der Waals surface area contributed by atoms with E-state index in [2.05, 4.69) is 0 Å². The summed E-state index contributed by atoms with van der Waals surface area (Å²) in [5, 5.41) is 0. The predicted octanol–water partition coefficient (Wildman–Crippen LogP) is 0.0386. The Hall–Kier alpha value is -1.83. The molecule has 19 heavy (non-hydrogen) atoms. The molecule has 0 radical (unpaired) electrons. The first-order valence-electron chi connectivity index (χ1n) is 5.59. The van der Waals surface area contributed by atoms with Crippen LogP contribution in [0.1, 0.15) is 0 Å². The Kier molecular flexibility index (Phi) is 3.61. The minimum atomic E-state index is -4.56. The normalized spacial score (nSPS) is 18.6. The molecule has 2 N–H and O–H groups in total. The molecular formula is C11H13FN2O4S. The largest absolute Gasteiger partial charge is 0.477 e. The summed E-state index contributed by atoms with van der Waals surface area (Å²) in [4.78, 5) is 12.8. The molecule has 0 aliphatic carbocycles. The lowest BCUT2D eigenvalue weighted by molar-refractivity contribution is -0.124. The fraction of sp³-hybridized carbons (Fsp3) is 0.364. The molecule has 1 aliphatic heterocycles. The van der Waals surface area contributed by atoms with Crippen LogP contribution in [0.2, 0.25) is 0 Å². The van der Waals surface area contributed by atoms with E-state index >= 15 is 0 Å². The number of hydrogen-bond acceptors (Lipinski definition) is 5. The van der Waals surface area contributed by atoms with Crippen molar-refractivity contribution in [2.24, 2.45) is 5.73 Å². The first-order chi connectivity index (χ1) is 8.87. The second-order valence-electron chi connectivity index (χ2n) is 4.17. The summed E-state index contributed by atoms with van der Waals surface area (Å²) in [7, 11) is -4.56. The van der Waals surface area contributed by atoms with Gasteiger partial charge >= 0.3 is 10.2 Å². The van der Waals surface area contributed by atoms with Crippen LogP contribution in [0.3, 0.4) is 0 Å². The second kappa shape index (κ2) is 5.04. The van der Waals surface area contributed by atoms with Gasteiger partial charge in [-0.2, -0.15) is 8.42 Å². The number of primary amides is 1. The predicted molar refractivity (Wildman–Crippen MR) is 67.2 cm³/mol. The van der Waals surface area contributed by atoms with E-state index < -0.39 is 28.0 Å². The molecule has 2 rings (SSSR count). The summed E-state index contributed by atoms with van der Waals surface area (Å²) in [5.41, 5.74) is 5.80. The highest BCUT2D eigenvalue weighted by atomic mass is 32.3. The Balaban J connectivity index is 2.24. The van der Waals surface area contributed by atoms with Crippen molar-refractivity contribution < 1.29 is 21.8 Å². The highest BCUT2D eigenvalue weighted by molar-refractivity contribution is 7.86. The minimum absolute atomic E-state index is 0.0665. The third-order valence-corrected chi connectivity index (χ3v) is 3.45. The molecule has 1 unspecified atom stereocenters. The molecule has 0 saturated carbocycles. The van der Waals surface area contributed by atoms with E-state index in [1.807, 2.05) is 0 Å². The topological polar surface area (TPSA) is 89.7 Å². The van der Waals surface area contributed by atoms with E-state index in [0.717, 1.165) is 0 Å². The van der Waals surface area contributed by atoms with Crippen molar-refractivity contribution >= 4 is 21.8 Å². The van der Waals surface area contributed by atoms with Gasteiger partial charge in [0, 0.05) is 6.54 Å². The molecule has 0 saturated heterocycles. The minimum Gasteiger partial charge on any atom is -0.477 e. The third-order valence-electron chi connectivity index (χ3n) is 2.78. The van der Waals surface area contributed by atoms with Crippen LogP contribution in [0.5, 0.6) is 5.75 Å². The van der Waals surface area contributed by atoms with Crippen molar-refractivity contribution in [3.63, 3.8) is 0 Å². The van der Waals surface area contributed by atoms with Gasteiger partial charge in [0.05, 0.1) is 18.0 Å². The number of para-hydroxylation sites is 2. The Labute approximate surface area is 110 Å². The first kappa shape index (κ1) is 13.6. The Morgan fingerprint density at radius 3 is 2.79 bits per heavy atom. The van der Waals surface area contributed by atoms with Crippen LogP contribution in [-0.2, 0) is 15.0 Å². The Morgan fingerprint density at radius 1 is 1.47 bits per heavy atom. The van der Waals surface area contributed by atoms with Crippen LogP contribution in [0, 0.1) is 0 Å². The van der Waals surface area contributed by atoms with Gasteiger partial charge < -0.3 is 15.4 Å². The van der Waals surface area contributed by atoms with Gasteiger partial charge in [-0.3, -0.25) is 4.79 Å². The number of nitrogens with two attached hydrogens (primary N) is 1. The fourth-order valence-corrected chi connectivity index (χ4v) is 2.32. The molecule has 1 aliphatic rings. The maximum Gasteiger partial charge on any atom is 0.304 e. The Bertz CT molecular complexity index is 590. The van der Waals surface area contributed by atoms with Gasteiger partial charge in [0.1, 0.15) is 5.75 Å². The van der Waals surface area contributed by atoms with Crippen LogP contribution < -0.4 is 15.4 Å². The molecule has 0 fully saturated rings. The van der Waals surface area contributed by atoms with Gasteiger partial charge in [0.25, 0.3) is 5.91 Å². The van der Waals surface area contributed by atoms with E-state index in [1.165, 1.54) is 0 Å². The molecular weight excluding hydrogens is 275 g/mol. The van der Waals surface area contributed by atoms with Crippen molar-refractivity contribution in [3.05, 3.63) is 24.3 Å². The van der Waals surface area contributed by atoms with Gasteiger partial charge in [-0.15, -0.1) is 3.89 Å². The van der Waals surface area contributed by atoms with Gasteiger partial charge in [0.15, 0.2) is 6.10 Å². The lowest BCUT2D eigenvalue weighted by Crippen LogP contribution is -2.48. The van der Waals surface area contributed by atoms with Crippen molar-refractivity contribution in [2.75, 3.05) is 23.7 Å². The number of nitrogens with zero attached hydrogens (tertiary/aromatic N) is 1. The van der Waals surface area contributed by atoms with E-state index in [-0.39, 0.29) is 13.1 Å². The van der Waals surface area contributed by atoms with Gasteiger partial charge in [0.2, 0.25) is 0 Å². The zero-order valence-corrected chi connectivity index (χ0v) is 10.8. The summed E-state index contributed by atoms with van der Waals surface area (Å²) < 4.78 is 39.2. The van der Waals surface area contributed by atoms with Crippen LogP contribution in [0.15, 0.2) is 24.3 Å². The summed E-state index contributed by atoms with van der Waals surface area (Å²) in [6, 6.07) is 6.80. The monoisotopic (exact) mass is 288 g/mol. The zero-order valence-electron chi connectivity index (χ0n) is 9.95. The molecule has 8 heteroatoms. The lowest BCUT2D eigenvalue weighted by Gasteiger charge is -2.34. The smallest absolute Gasteiger partial charge is 0.304 e. The van der Waals surface area contributed by atoms with E-state index in [9.17, 15) is 17.1 Å². The molecule has 1 aromatic rings. The summed E-state index contributed by atoms with van der Waals surface area (Å²) in [5.74, 6) is -0.872. The highest BCUT2D eigenvalue weighted by Gasteiger charge is 2.29. The molecule has 1 heterocycles. The standard InChI is InChI=1S/C11H13FN2O4S/c12-19(16,17)6-5-14-7-10(11(13)15)18-9-4-2-1-3-8(9)14/h1-4,10H,5-7H2,(H2,13,15). The highest BCUT2D eigenvalue weighted by Crippen LogP contribution is 2.32. The number of carbonyl (C=O) groups excluding carboxylic acids is 1. The molecule has 104 valence electrons. The van der Waals surface area contributed by atoms with Crippen LogP contribution in [-0.4, -0.2) is 39.3 Å². The number of rotatable bonds is 4. The van der Waals surface area contributed by atoms with Crippen LogP contribution >= 0.6 is 0 Å². The first-order valence-corrected chi connectivity index (χ1v) is 7.14. The third kappa shape index (κ3) is 3.34. The summed E-state index contributed by atoms with van der Waals surface area (Å²) in [6.45, 7) is 0.0326. The van der Waals surface area contributed by atoms with E-state index in [4.69, 9.17) is 10.5 Å². The summed E-state index contributed by atoms with van der Waals surface area (Å²) in [6.07, 6.45) is -0.878.